The second-order valence-electron chi connectivity index (χ2n) is 6.15. The van der Waals surface area contributed by atoms with Gasteiger partial charge in [-0.1, -0.05) is 36.8 Å². The molecule has 0 aliphatic carbocycles. The van der Waals surface area contributed by atoms with Crippen molar-refractivity contribution in [1.82, 2.24) is 24.6 Å². The highest BCUT2D eigenvalue weighted by Gasteiger charge is 2.27. The molecule has 166 valence electrons. The van der Waals surface area contributed by atoms with Crippen molar-refractivity contribution in [3.8, 4) is 0 Å². The normalized spacial score (nSPS) is 13.8. The maximum Gasteiger partial charge on any atom is 0.434 e. The predicted octanol–water partition coefficient (Wildman–Crippen LogP) is 1.90. The first-order chi connectivity index (χ1) is 14.4. The van der Waals surface area contributed by atoms with E-state index in [-0.39, 0.29) is 30.9 Å². The fourth-order valence-electron chi connectivity index (χ4n) is 2.73. The van der Waals surface area contributed by atoms with E-state index in [1.54, 1.807) is 7.05 Å². The van der Waals surface area contributed by atoms with Crippen LogP contribution in [-0.4, -0.2) is 61.5 Å². The average Bonchev–Trinajstić information content (AvgIpc) is 3.21. The molecule has 2 rings (SSSR count). The third-order valence-corrected chi connectivity index (χ3v) is 6.36. The van der Waals surface area contributed by atoms with Crippen molar-refractivity contribution in [2.45, 2.75) is 19.4 Å². The maximum atomic E-state index is 11.7. The zero-order valence-electron chi connectivity index (χ0n) is 16.3. The lowest BCUT2D eigenvalue weighted by atomic mass is 10.2. The van der Waals surface area contributed by atoms with Crippen LogP contribution in [0.15, 0.2) is 12.2 Å². The Labute approximate surface area is 192 Å². The monoisotopic (exact) mass is 568 g/mol. The SMILES string of the molecule is Cn1c([N+](=O)[O-])nc(CCCN2C(=O)C=CC2=O)c1COP(NCCBr)NCCBr. The van der Waals surface area contributed by atoms with Crippen LogP contribution in [-0.2, 0) is 34.2 Å². The molecule has 2 amide bonds. The molecule has 0 radical (unpaired) electrons. The lowest BCUT2D eigenvalue weighted by Gasteiger charge is -2.18. The number of carbonyl (C=O) groups excluding carboxylic acids is 2. The van der Waals surface area contributed by atoms with Crippen LogP contribution in [0.2, 0.25) is 0 Å². The highest BCUT2D eigenvalue weighted by Crippen LogP contribution is 2.30. The summed E-state index contributed by atoms with van der Waals surface area (Å²) in [5.74, 6) is -0.974. The van der Waals surface area contributed by atoms with Crippen LogP contribution in [0.5, 0.6) is 0 Å². The molecule has 0 spiro atoms. The predicted molar refractivity (Wildman–Crippen MR) is 119 cm³/mol. The number of nitro groups is 1. The Balaban J connectivity index is 2.06. The summed E-state index contributed by atoms with van der Waals surface area (Å²) < 4.78 is 7.36. The summed E-state index contributed by atoms with van der Waals surface area (Å²) in [4.78, 5) is 39.4. The first-order valence-electron chi connectivity index (χ1n) is 9.13. The second-order valence-corrected chi connectivity index (χ2v) is 9.21. The van der Waals surface area contributed by atoms with E-state index in [0.717, 1.165) is 15.6 Å². The van der Waals surface area contributed by atoms with Gasteiger partial charge in [0, 0.05) is 48.9 Å². The number of nitrogens with zero attached hydrogens (tertiary/aromatic N) is 4. The van der Waals surface area contributed by atoms with E-state index in [2.05, 4.69) is 47.0 Å². The number of aryl methyl sites for hydroxylation is 1. The number of carbonyl (C=O) groups is 2. The van der Waals surface area contributed by atoms with Crippen molar-refractivity contribution in [2.75, 3.05) is 30.3 Å². The van der Waals surface area contributed by atoms with E-state index in [1.807, 2.05) is 0 Å². The first-order valence-corrected chi connectivity index (χ1v) is 12.6. The first kappa shape index (κ1) is 25.0. The molecule has 1 aromatic heterocycles. The number of aromatic nitrogens is 2. The van der Waals surface area contributed by atoms with Crippen LogP contribution in [0.1, 0.15) is 17.8 Å². The molecule has 0 saturated carbocycles. The van der Waals surface area contributed by atoms with Gasteiger partial charge in [-0.3, -0.25) is 24.7 Å². The van der Waals surface area contributed by atoms with Gasteiger partial charge in [0.15, 0.2) is 14.1 Å². The van der Waals surface area contributed by atoms with Crippen molar-refractivity contribution >= 4 is 58.1 Å². The summed E-state index contributed by atoms with van der Waals surface area (Å²) in [7, 11) is 0.438. The zero-order valence-corrected chi connectivity index (χ0v) is 20.4. The standard InChI is InChI=1S/C16H23Br2N6O5P/c1-22-13(11-29-30(19-8-6-17)20-9-7-18)12(21-16(22)24(27)28)3-2-10-23-14(25)4-5-15(23)26/h4-5,19-20H,2-3,6-11H2,1H3. The third kappa shape index (κ3) is 6.89. The van der Waals surface area contributed by atoms with Gasteiger partial charge in [-0.05, 0) is 11.3 Å². The van der Waals surface area contributed by atoms with Crippen molar-refractivity contribution in [2.24, 2.45) is 7.05 Å². The summed E-state index contributed by atoms with van der Waals surface area (Å²) in [5.41, 5.74) is 1.11. The molecule has 1 aliphatic heterocycles. The highest BCUT2D eigenvalue weighted by atomic mass is 79.9. The van der Waals surface area contributed by atoms with Crippen molar-refractivity contribution in [3.63, 3.8) is 0 Å². The Hall–Kier alpha value is -1.24. The number of imide groups is 1. The molecule has 0 unspecified atom stereocenters. The van der Waals surface area contributed by atoms with Gasteiger partial charge in [-0.2, -0.15) is 0 Å². The summed E-state index contributed by atoms with van der Waals surface area (Å²) in [5, 5.41) is 19.3. The molecule has 2 heterocycles. The minimum absolute atomic E-state index is 0.131. The summed E-state index contributed by atoms with van der Waals surface area (Å²) in [6.07, 6.45) is 3.28. The molecule has 0 bridgehead atoms. The fraction of sp³-hybridized carbons (Fsp3) is 0.562. The zero-order chi connectivity index (χ0) is 22.1. The summed E-state index contributed by atoms with van der Waals surface area (Å²) >= 11 is 6.72. The molecule has 30 heavy (non-hydrogen) atoms. The number of halogens is 2. The maximum absolute atomic E-state index is 11.7. The molecule has 1 aliphatic rings. The number of hydrogen-bond donors (Lipinski definition) is 2. The van der Waals surface area contributed by atoms with E-state index in [0.29, 0.717) is 37.3 Å². The Kier molecular flexibility index (Phi) is 10.5. The Morgan fingerprint density at radius 2 is 1.80 bits per heavy atom. The molecular formula is C16H23Br2N6O5P. The van der Waals surface area contributed by atoms with E-state index in [9.17, 15) is 19.7 Å². The molecule has 0 atom stereocenters. The highest BCUT2D eigenvalue weighted by molar-refractivity contribution is 9.09. The van der Waals surface area contributed by atoms with Gasteiger partial charge in [0.05, 0.1) is 7.05 Å². The fourth-order valence-corrected chi connectivity index (χ4v) is 4.92. The van der Waals surface area contributed by atoms with Crippen LogP contribution in [0.3, 0.4) is 0 Å². The average molecular weight is 570 g/mol. The van der Waals surface area contributed by atoms with Crippen LogP contribution < -0.4 is 10.2 Å². The van der Waals surface area contributed by atoms with Gasteiger partial charge in [-0.15, -0.1) is 0 Å². The minimum atomic E-state index is -1.14. The van der Waals surface area contributed by atoms with Crippen LogP contribution in [0.25, 0.3) is 0 Å². The van der Waals surface area contributed by atoms with Crippen molar-refractivity contribution < 1.29 is 19.0 Å². The van der Waals surface area contributed by atoms with Crippen molar-refractivity contribution in [1.29, 1.82) is 0 Å². The summed E-state index contributed by atoms with van der Waals surface area (Å²) in [6.45, 7) is 1.75. The van der Waals surface area contributed by atoms with E-state index < -0.39 is 13.4 Å². The van der Waals surface area contributed by atoms with Gasteiger partial charge in [0.2, 0.25) is 0 Å². The van der Waals surface area contributed by atoms with Crippen molar-refractivity contribution in [3.05, 3.63) is 33.7 Å². The summed E-state index contributed by atoms with van der Waals surface area (Å²) in [6, 6.07) is 0. The topological polar surface area (TPSA) is 132 Å². The van der Waals surface area contributed by atoms with E-state index >= 15 is 0 Å². The van der Waals surface area contributed by atoms with Gasteiger partial charge < -0.3 is 14.6 Å². The Bertz CT molecular complexity index is 779. The lowest BCUT2D eigenvalue weighted by molar-refractivity contribution is -0.396. The van der Waals surface area contributed by atoms with Crippen LogP contribution >= 0.6 is 40.3 Å². The Morgan fingerprint density at radius 3 is 2.33 bits per heavy atom. The van der Waals surface area contributed by atoms with Gasteiger partial charge in [0.25, 0.3) is 11.8 Å². The quantitative estimate of drug-likeness (QED) is 0.114. The number of imidazole rings is 1. The van der Waals surface area contributed by atoms with Gasteiger partial charge in [-0.25, -0.2) is 4.57 Å². The van der Waals surface area contributed by atoms with Gasteiger partial charge in [0.1, 0.15) is 12.3 Å². The number of amides is 2. The van der Waals surface area contributed by atoms with E-state index in [4.69, 9.17) is 4.52 Å². The number of hydrogen-bond acceptors (Lipinski definition) is 8. The lowest BCUT2D eigenvalue weighted by Crippen LogP contribution is -2.31. The molecule has 14 heteroatoms. The van der Waals surface area contributed by atoms with Crippen LogP contribution in [0, 0.1) is 10.1 Å². The molecule has 0 saturated heterocycles. The molecule has 11 nitrogen and oxygen atoms in total. The number of alkyl halides is 2. The third-order valence-electron chi connectivity index (χ3n) is 4.16. The van der Waals surface area contributed by atoms with Gasteiger partial charge >= 0.3 is 5.95 Å². The molecule has 0 aromatic carbocycles. The largest absolute Gasteiger partial charge is 0.434 e. The number of nitrogens with one attached hydrogen (secondary N) is 2. The number of rotatable bonds is 14. The van der Waals surface area contributed by atoms with Crippen LogP contribution in [0.4, 0.5) is 5.95 Å². The minimum Gasteiger partial charge on any atom is -0.390 e. The molecule has 0 fully saturated rings. The molecule has 1 aromatic rings. The smallest absolute Gasteiger partial charge is 0.390 e. The second kappa shape index (κ2) is 12.6. The molecule has 2 N–H and O–H groups in total. The molecular weight excluding hydrogens is 547 g/mol. The van der Waals surface area contributed by atoms with E-state index in [1.165, 1.54) is 16.7 Å². The Morgan fingerprint density at radius 1 is 1.20 bits per heavy atom.